The molecular weight excluding hydrogens is 254 g/mol. The molecule has 2 N–H and O–H groups in total. The number of likely N-dealkylation sites (tertiary alicyclic amines) is 1. The predicted octanol–water partition coefficient (Wildman–Crippen LogP) is 1.19. The van der Waals surface area contributed by atoms with E-state index in [0.29, 0.717) is 11.6 Å². The van der Waals surface area contributed by atoms with Crippen molar-refractivity contribution in [1.29, 1.82) is 0 Å². The zero-order valence-corrected chi connectivity index (χ0v) is 11.8. The molecule has 0 spiro atoms. The van der Waals surface area contributed by atoms with Crippen LogP contribution >= 0.6 is 0 Å². The summed E-state index contributed by atoms with van der Waals surface area (Å²) in [6.45, 7) is 3.06. The van der Waals surface area contributed by atoms with Gasteiger partial charge in [-0.05, 0) is 31.7 Å². The van der Waals surface area contributed by atoms with Crippen LogP contribution in [-0.2, 0) is 0 Å². The molecule has 1 aliphatic carbocycles. The number of nitrogens with zero attached hydrogens (tertiary/aromatic N) is 3. The lowest BCUT2D eigenvalue weighted by Gasteiger charge is -2.31. The second kappa shape index (κ2) is 6.35. The Bertz CT molecular complexity index is 427. The van der Waals surface area contributed by atoms with E-state index >= 15 is 0 Å². The zero-order valence-electron chi connectivity index (χ0n) is 11.8. The molecule has 2 fully saturated rings. The van der Waals surface area contributed by atoms with E-state index in [4.69, 9.17) is 0 Å². The lowest BCUT2D eigenvalue weighted by atomic mass is 9.94. The molecule has 1 aliphatic heterocycles. The molecule has 6 heteroatoms. The Balaban J connectivity index is 1.42. The molecule has 110 valence electrons. The molecule has 0 aromatic carbocycles. The topological polar surface area (TPSA) is 73.9 Å². The summed E-state index contributed by atoms with van der Waals surface area (Å²) >= 11 is 0. The van der Waals surface area contributed by atoms with Gasteiger partial charge in [-0.25, -0.2) is 0 Å². The highest BCUT2D eigenvalue weighted by molar-refractivity contribution is 5.91. The standard InChI is InChI=1S/C14H23N5O/c20-14(13-9-16-18-17-13)15-8-11-6-7-19(10-11)12-4-2-1-3-5-12/h9,11-12H,1-8,10H2,(H,15,20)(H,16,17,18). The minimum absolute atomic E-state index is 0.130. The molecule has 20 heavy (non-hydrogen) atoms. The lowest BCUT2D eigenvalue weighted by molar-refractivity contribution is 0.0941. The van der Waals surface area contributed by atoms with Crippen molar-refractivity contribution >= 4 is 5.91 Å². The average Bonchev–Trinajstić information content (AvgIpc) is 3.17. The van der Waals surface area contributed by atoms with Crippen LogP contribution in [0.4, 0.5) is 0 Å². The minimum atomic E-state index is -0.130. The van der Waals surface area contributed by atoms with E-state index in [-0.39, 0.29) is 5.91 Å². The maximum Gasteiger partial charge on any atom is 0.273 e. The van der Waals surface area contributed by atoms with Gasteiger partial charge < -0.3 is 10.2 Å². The number of carbonyl (C=O) groups is 1. The Kier molecular flexibility index (Phi) is 4.30. The number of amides is 1. The van der Waals surface area contributed by atoms with Crippen LogP contribution in [0.1, 0.15) is 49.0 Å². The highest BCUT2D eigenvalue weighted by Crippen LogP contribution is 2.27. The first-order chi connectivity index (χ1) is 9.83. The van der Waals surface area contributed by atoms with E-state index in [1.807, 2.05) is 0 Å². The van der Waals surface area contributed by atoms with Crippen molar-refractivity contribution in [3.05, 3.63) is 11.9 Å². The fraction of sp³-hybridized carbons (Fsp3) is 0.786. The molecule has 2 heterocycles. The van der Waals surface area contributed by atoms with E-state index in [1.165, 1.54) is 51.3 Å². The Labute approximate surface area is 119 Å². The number of rotatable bonds is 4. The molecule has 1 saturated carbocycles. The van der Waals surface area contributed by atoms with Gasteiger partial charge in [0, 0.05) is 19.1 Å². The molecule has 1 unspecified atom stereocenters. The summed E-state index contributed by atoms with van der Waals surface area (Å²) < 4.78 is 0. The summed E-state index contributed by atoms with van der Waals surface area (Å²) in [4.78, 5) is 14.4. The van der Waals surface area contributed by atoms with Gasteiger partial charge >= 0.3 is 0 Å². The van der Waals surface area contributed by atoms with Gasteiger partial charge in [-0.15, -0.1) is 0 Å². The largest absolute Gasteiger partial charge is 0.350 e. The van der Waals surface area contributed by atoms with Crippen LogP contribution in [0.3, 0.4) is 0 Å². The molecule has 6 nitrogen and oxygen atoms in total. The van der Waals surface area contributed by atoms with Crippen LogP contribution in [0.25, 0.3) is 0 Å². The minimum Gasteiger partial charge on any atom is -0.350 e. The maximum atomic E-state index is 11.8. The van der Waals surface area contributed by atoms with E-state index in [0.717, 1.165) is 19.1 Å². The van der Waals surface area contributed by atoms with Gasteiger partial charge in [0.05, 0.1) is 6.20 Å². The van der Waals surface area contributed by atoms with Gasteiger partial charge in [0.2, 0.25) is 0 Å². The van der Waals surface area contributed by atoms with E-state index in [1.54, 1.807) is 0 Å². The van der Waals surface area contributed by atoms with Crippen LogP contribution in [-0.4, -0.2) is 51.9 Å². The summed E-state index contributed by atoms with van der Waals surface area (Å²) in [6, 6.07) is 0.792. The summed E-state index contributed by atoms with van der Waals surface area (Å²) in [5.74, 6) is 0.447. The summed E-state index contributed by atoms with van der Waals surface area (Å²) in [7, 11) is 0. The maximum absolute atomic E-state index is 11.8. The second-order valence-corrected chi connectivity index (χ2v) is 6.01. The fourth-order valence-electron chi connectivity index (χ4n) is 3.45. The first-order valence-corrected chi connectivity index (χ1v) is 7.71. The number of hydrogen-bond donors (Lipinski definition) is 2. The fourth-order valence-corrected chi connectivity index (χ4v) is 3.45. The van der Waals surface area contributed by atoms with Crippen molar-refractivity contribution in [3.8, 4) is 0 Å². The molecule has 0 bridgehead atoms. The Morgan fingerprint density at radius 2 is 2.20 bits per heavy atom. The van der Waals surface area contributed by atoms with Crippen LogP contribution in [0.15, 0.2) is 6.20 Å². The first kappa shape index (κ1) is 13.5. The van der Waals surface area contributed by atoms with Crippen molar-refractivity contribution in [2.75, 3.05) is 19.6 Å². The number of carbonyl (C=O) groups excluding carboxylic acids is 1. The van der Waals surface area contributed by atoms with Crippen LogP contribution in [0.5, 0.6) is 0 Å². The van der Waals surface area contributed by atoms with Crippen molar-refractivity contribution in [2.45, 2.75) is 44.6 Å². The zero-order chi connectivity index (χ0) is 13.8. The summed E-state index contributed by atoms with van der Waals surface area (Å²) in [5, 5.41) is 12.9. The Morgan fingerprint density at radius 3 is 2.95 bits per heavy atom. The van der Waals surface area contributed by atoms with Gasteiger partial charge in [-0.2, -0.15) is 15.4 Å². The van der Waals surface area contributed by atoms with Crippen molar-refractivity contribution < 1.29 is 4.79 Å². The lowest BCUT2D eigenvalue weighted by Crippen LogP contribution is -2.36. The third-order valence-electron chi connectivity index (χ3n) is 4.61. The molecule has 1 aromatic rings. The molecule has 1 aromatic heterocycles. The molecule has 1 saturated heterocycles. The van der Waals surface area contributed by atoms with Crippen LogP contribution < -0.4 is 5.32 Å². The molecule has 3 rings (SSSR count). The number of H-pyrrole nitrogens is 1. The normalized spacial score (nSPS) is 24.9. The van der Waals surface area contributed by atoms with E-state index in [2.05, 4.69) is 25.6 Å². The van der Waals surface area contributed by atoms with E-state index in [9.17, 15) is 4.79 Å². The Hall–Kier alpha value is -1.43. The van der Waals surface area contributed by atoms with Crippen molar-refractivity contribution in [3.63, 3.8) is 0 Å². The van der Waals surface area contributed by atoms with Gasteiger partial charge in [0.25, 0.3) is 5.91 Å². The van der Waals surface area contributed by atoms with Crippen LogP contribution in [0, 0.1) is 5.92 Å². The SMILES string of the molecule is O=C(NCC1CCN(C2CCCCC2)C1)c1cn[nH]n1. The summed E-state index contributed by atoms with van der Waals surface area (Å²) in [5.41, 5.74) is 0.368. The Morgan fingerprint density at radius 1 is 1.35 bits per heavy atom. The summed E-state index contributed by atoms with van der Waals surface area (Å²) in [6.07, 6.45) is 9.54. The smallest absolute Gasteiger partial charge is 0.273 e. The highest BCUT2D eigenvalue weighted by atomic mass is 16.1. The third kappa shape index (κ3) is 3.17. The van der Waals surface area contributed by atoms with E-state index < -0.39 is 0 Å². The number of hydrogen-bond acceptors (Lipinski definition) is 4. The van der Waals surface area contributed by atoms with Crippen LogP contribution in [0.2, 0.25) is 0 Å². The molecular formula is C14H23N5O. The second-order valence-electron chi connectivity index (χ2n) is 6.01. The molecule has 2 aliphatic rings. The third-order valence-corrected chi connectivity index (χ3v) is 4.61. The van der Waals surface area contributed by atoms with Gasteiger partial charge in [0.15, 0.2) is 5.69 Å². The number of aromatic nitrogens is 3. The highest BCUT2D eigenvalue weighted by Gasteiger charge is 2.29. The van der Waals surface area contributed by atoms with Gasteiger partial charge in [-0.3, -0.25) is 4.79 Å². The van der Waals surface area contributed by atoms with Gasteiger partial charge in [-0.1, -0.05) is 19.3 Å². The first-order valence-electron chi connectivity index (χ1n) is 7.71. The molecule has 0 radical (unpaired) electrons. The number of nitrogens with one attached hydrogen (secondary N) is 2. The number of aromatic amines is 1. The van der Waals surface area contributed by atoms with Gasteiger partial charge in [0.1, 0.15) is 0 Å². The van der Waals surface area contributed by atoms with Crippen molar-refractivity contribution in [1.82, 2.24) is 25.6 Å². The average molecular weight is 277 g/mol. The quantitative estimate of drug-likeness (QED) is 0.867. The monoisotopic (exact) mass is 277 g/mol. The molecule has 1 amide bonds. The molecule has 1 atom stereocenters. The predicted molar refractivity (Wildman–Crippen MR) is 75.3 cm³/mol. The van der Waals surface area contributed by atoms with Crippen molar-refractivity contribution in [2.24, 2.45) is 5.92 Å².